The van der Waals surface area contributed by atoms with Crippen LogP contribution in [0, 0.1) is 20.8 Å². The molecule has 1 saturated carbocycles. The van der Waals surface area contributed by atoms with E-state index in [-0.39, 0.29) is 57.7 Å². The molecule has 1 radical (unpaired) electrons. The Balaban J connectivity index is -0.000000209. The van der Waals surface area contributed by atoms with Gasteiger partial charge in [0.2, 0.25) is 0 Å². The van der Waals surface area contributed by atoms with E-state index in [0.29, 0.717) is 6.42 Å². The van der Waals surface area contributed by atoms with Crippen LogP contribution in [0.3, 0.4) is 0 Å². The van der Waals surface area contributed by atoms with Crippen LogP contribution in [0.4, 0.5) is 0 Å². The van der Waals surface area contributed by atoms with E-state index in [0.717, 1.165) is 11.1 Å². The van der Waals surface area contributed by atoms with E-state index in [1.54, 1.807) is 31.2 Å². The van der Waals surface area contributed by atoms with Gasteiger partial charge in [0.15, 0.2) is 0 Å². The van der Waals surface area contributed by atoms with Gasteiger partial charge in [-0.1, -0.05) is 63.3 Å². The number of phenols is 2. The fourth-order valence-electron chi connectivity index (χ4n) is 2.93. The van der Waals surface area contributed by atoms with Crippen molar-refractivity contribution in [2.24, 2.45) is 11.7 Å². The largest absolute Gasteiger partial charge is 3.00 e. The summed E-state index contributed by atoms with van der Waals surface area (Å²) in [7, 11) is 0. The van der Waals surface area contributed by atoms with Crippen LogP contribution in [-0.2, 0) is 41.9 Å². The van der Waals surface area contributed by atoms with Crippen molar-refractivity contribution in [2.75, 3.05) is 0 Å². The number of rotatable bonds is 6. The molecule has 0 aromatic heterocycles. The fourth-order valence-corrected chi connectivity index (χ4v) is 2.93. The van der Waals surface area contributed by atoms with Crippen molar-refractivity contribution in [2.45, 2.75) is 57.9 Å². The molecule has 9 heteroatoms. The maximum Gasteiger partial charge on any atom is 3.00 e. The Labute approximate surface area is 222 Å². The summed E-state index contributed by atoms with van der Waals surface area (Å²) in [4.78, 5) is 20.8. The van der Waals surface area contributed by atoms with Gasteiger partial charge in [0.1, 0.15) is 17.5 Å². The van der Waals surface area contributed by atoms with Gasteiger partial charge in [0.25, 0.3) is 0 Å². The van der Waals surface area contributed by atoms with Crippen molar-refractivity contribution < 1.29 is 55.0 Å². The van der Waals surface area contributed by atoms with Crippen LogP contribution < -0.4 is 10.8 Å². The van der Waals surface area contributed by atoms with Gasteiger partial charge < -0.3 is 51.3 Å². The van der Waals surface area contributed by atoms with Crippen LogP contribution in [0.25, 0.3) is 0 Å². The van der Waals surface area contributed by atoms with Crippen molar-refractivity contribution in [1.82, 2.24) is 0 Å². The van der Waals surface area contributed by atoms with Crippen molar-refractivity contribution in [1.29, 1.82) is 0 Å². The zero-order chi connectivity index (χ0) is 23.2. The molecule has 1 aliphatic rings. The molecule has 0 aliphatic heterocycles. The van der Waals surface area contributed by atoms with Crippen molar-refractivity contribution >= 4 is 11.9 Å². The molecule has 8 nitrogen and oxygen atoms in total. The SMILES string of the molecule is C1CCCC1.CC(Cc1ccc(O)cc1)C(=O)[O-].NC(Cc1ccc(O)cc1)C(=O)O.O.[CH3-].[CH3-].[Ru+3]. The van der Waals surface area contributed by atoms with Gasteiger partial charge in [0.05, 0.1) is 0 Å². The second kappa shape index (κ2) is 22.0. The quantitative estimate of drug-likeness (QED) is 0.300. The first-order valence-electron chi connectivity index (χ1n) is 10.4. The molecule has 0 saturated heterocycles. The van der Waals surface area contributed by atoms with Crippen molar-refractivity contribution in [3.8, 4) is 11.5 Å². The third kappa shape index (κ3) is 18.5. The predicted octanol–water partition coefficient (Wildman–Crippen LogP) is 2.69. The number of carbonyl (C=O) groups excluding carboxylic acids is 1. The van der Waals surface area contributed by atoms with E-state index in [1.807, 2.05) is 0 Å². The number of aliphatic carboxylic acids is 2. The molecular formula is C26H40NO7Ru. The molecule has 0 heterocycles. The van der Waals surface area contributed by atoms with Gasteiger partial charge in [0, 0.05) is 5.97 Å². The monoisotopic (exact) mass is 580 g/mol. The third-order valence-corrected chi connectivity index (χ3v) is 4.84. The van der Waals surface area contributed by atoms with Crippen molar-refractivity contribution in [3.63, 3.8) is 0 Å². The number of benzene rings is 2. The van der Waals surface area contributed by atoms with E-state index >= 15 is 0 Å². The zero-order valence-corrected chi connectivity index (χ0v) is 22.5. The number of carbonyl (C=O) groups is 2. The summed E-state index contributed by atoms with van der Waals surface area (Å²) in [5.41, 5.74) is 7.01. The van der Waals surface area contributed by atoms with E-state index in [9.17, 15) is 14.7 Å². The average molecular weight is 580 g/mol. The average Bonchev–Trinajstić information content (AvgIpc) is 3.32. The van der Waals surface area contributed by atoms with Gasteiger partial charge in [-0.3, -0.25) is 4.79 Å². The Morgan fingerprint density at radius 2 is 1.14 bits per heavy atom. The van der Waals surface area contributed by atoms with Crippen molar-refractivity contribution in [3.05, 3.63) is 74.5 Å². The molecule has 1 aliphatic carbocycles. The number of carboxylic acid groups (broad SMARTS) is 2. The summed E-state index contributed by atoms with van der Waals surface area (Å²) in [6, 6.07) is 11.9. The molecule has 0 spiro atoms. The minimum absolute atomic E-state index is 0. The predicted molar refractivity (Wildman–Crippen MR) is 133 cm³/mol. The number of hydrogen-bond acceptors (Lipinski definition) is 6. The minimum atomic E-state index is -1.05. The van der Waals surface area contributed by atoms with Gasteiger partial charge in [-0.25, -0.2) is 0 Å². The first-order valence-corrected chi connectivity index (χ1v) is 10.4. The Morgan fingerprint density at radius 1 is 0.829 bits per heavy atom. The van der Waals surface area contributed by atoms with Gasteiger partial charge in [-0.15, -0.1) is 0 Å². The summed E-state index contributed by atoms with van der Waals surface area (Å²) in [5.74, 6) is -2.22. The van der Waals surface area contributed by atoms with Crippen LogP contribution in [-0.4, -0.2) is 38.8 Å². The Bertz CT molecular complexity index is 723. The normalized spacial score (nSPS) is 12.6. The Hall–Kier alpha value is -2.48. The summed E-state index contributed by atoms with van der Waals surface area (Å²) in [5, 5.41) is 36.9. The molecule has 2 atom stereocenters. The van der Waals surface area contributed by atoms with E-state index in [4.69, 9.17) is 21.1 Å². The van der Waals surface area contributed by atoms with Crippen LogP contribution in [0.15, 0.2) is 48.5 Å². The second-order valence-corrected chi connectivity index (χ2v) is 7.67. The van der Waals surface area contributed by atoms with E-state index < -0.39 is 23.9 Å². The van der Waals surface area contributed by atoms with Gasteiger partial charge in [-0.05, 0) is 54.2 Å². The van der Waals surface area contributed by atoms with E-state index in [1.165, 1.54) is 56.4 Å². The standard InChI is InChI=1S/C10H12O3.C9H11NO3.C5H10.2CH3.H2O.Ru/c1-7(10(12)13)6-8-2-4-9(11)5-3-8;10-8(9(12)13)5-6-1-3-7(11)4-2-6;1-2-4-5-3-1;;;;/h2-5,7,11H,6H2,1H3,(H,12,13);1-4,8,11H,5,10H2,(H,12,13);1-5H2;2*1H3;1H2;/q;;;2*-1;;+3/p-1. The number of nitrogens with two attached hydrogens (primary N) is 1. The fraction of sp³-hybridized carbons (Fsp3) is 0.385. The smallest absolute Gasteiger partial charge is 0.550 e. The number of hydrogen-bond donors (Lipinski definition) is 4. The molecule has 1 fully saturated rings. The molecule has 0 bridgehead atoms. The molecule has 2 aromatic rings. The maximum absolute atomic E-state index is 10.4. The molecule has 2 unspecified atom stereocenters. The van der Waals surface area contributed by atoms with Crippen LogP contribution in [0.5, 0.6) is 11.5 Å². The van der Waals surface area contributed by atoms with Gasteiger partial charge in [-0.2, -0.15) is 0 Å². The molecular weight excluding hydrogens is 539 g/mol. The molecule has 199 valence electrons. The first-order chi connectivity index (χ1) is 14.7. The number of phenolic OH excluding ortho intramolecular Hbond substituents is 2. The summed E-state index contributed by atoms with van der Waals surface area (Å²) in [6.07, 6.45) is 8.21. The minimum Gasteiger partial charge on any atom is -0.550 e. The molecule has 3 rings (SSSR count). The third-order valence-electron chi connectivity index (χ3n) is 4.84. The molecule has 35 heavy (non-hydrogen) atoms. The second-order valence-electron chi connectivity index (χ2n) is 7.67. The maximum atomic E-state index is 10.4. The molecule has 7 N–H and O–H groups in total. The van der Waals surface area contributed by atoms with E-state index in [2.05, 4.69) is 0 Å². The van der Waals surface area contributed by atoms with Crippen LogP contribution in [0.2, 0.25) is 0 Å². The van der Waals surface area contributed by atoms with Gasteiger partial charge >= 0.3 is 25.4 Å². The Kier molecular flexibility index (Phi) is 25.0. The summed E-state index contributed by atoms with van der Waals surface area (Å²) < 4.78 is 0. The molecule has 2 aromatic carbocycles. The van der Waals surface area contributed by atoms with Crippen LogP contribution in [0.1, 0.15) is 50.2 Å². The van der Waals surface area contributed by atoms with Crippen LogP contribution >= 0.6 is 0 Å². The number of carboxylic acids is 2. The molecule has 0 amide bonds. The Morgan fingerprint density at radius 3 is 1.43 bits per heavy atom. The number of aromatic hydroxyl groups is 2. The summed E-state index contributed by atoms with van der Waals surface area (Å²) in [6.45, 7) is 1.60. The topological polar surface area (TPSA) is 175 Å². The first kappa shape index (κ1) is 39.7. The zero-order valence-electron chi connectivity index (χ0n) is 20.7. The summed E-state index contributed by atoms with van der Waals surface area (Å²) >= 11 is 0.